The van der Waals surface area contributed by atoms with Crippen molar-refractivity contribution in [1.82, 2.24) is 4.89 Å². The van der Waals surface area contributed by atoms with E-state index in [1.165, 1.54) is 13.0 Å². The smallest absolute Gasteiger partial charge is 0.335 e. The van der Waals surface area contributed by atoms with Crippen LogP contribution in [0.15, 0.2) is 21.5 Å². The summed E-state index contributed by atoms with van der Waals surface area (Å²) in [5, 5.41) is 17.3. The van der Waals surface area contributed by atoms with Crippen LogP contribution in [0.25, 0.3) is 0 Å². The monoisotopic (exact) mass is 309 g/mol. The lowest BCUT2D eigenvalue weighted by molar-refractivity contribution is 0.0696. The Morgan fingerprint density at radius 3 is 2.44 bits per heavy atom. The van der Waals surface area contributed by atoms with Crippen LogP contribution in [0.4, 0.5) is 0 Å². The number of aromatic carboxylic acids is 1. The van der Waals surface area contributed by atoms with Gasteiger partial charge in [-0.2, -0.15) is 0 Å². The minimum absolute atomic E-state index is 0.189. The minimum atomic E-state index is -4.10. The molecule has 0 amide bonds. The van der Waals surface area contributed by atoms with E-state index < -0.39 is 16.0 Å². The van der Waals surface area contributed by atoms with Crippen LogP contribution in [0.5, 0.6) is 0 Å². The van der Waals surface area contributed by atoms with E-state index in [1.54, 1.807) is 0 Å². The molecule has 0 aliphatic rings. The molecule has 16 heavy (non-hydrogen) atoms. The van der Waals surface area contributed by atoms with E-state index in [-0.39, 0.29) is 10.5 Å². The third kappa shape index (κ3) is 2.40. The predicted octanol–water partition coefficient (Wildman–Crippen LogP) is 1.12. The number of hydrogen-bond acceptors (Lipinski definition) is 4. The second kappa shape index (κ2) is 4.50. The van der Waals surface area contributed by atoms with Crippen molar-refractivity contribution in [2.45, 2.75) is 11.8 Å². The van der Waals surface area contributed by atoms with Crippen molar-refractivity contribution >= 4 is 31.9 Å². The molecule has 1 aromatic rings. The van der Waals surface area contributed by atoms with Gasteiger partial charge in [0.05, 0.1) is 10.5 Å². The first kappa shape index (κ1) is 13.1. The first-order chi connectivity index (χ1) is 7.29. The molecule has 0 spiro atoms. The van der Waals surface area contributed by atoms with Gasteiger partial charge in [0.1, 0.15) is 0 Å². The molecule has 0 radical (unpaired) electrons. The van der Waals surface area contributed by atoms with E-state index in [0.29, 0.717) is 10.0 Å². The van der Waals surface area contributed by atoms with Gasteiger partial charge >= 0.3 is 5.97 Å². The van der Waals surface area contributed by atoms with Gasteiger partial charge in [0.2, 0.25) is 0 Å². The highest BCUT2D eigenvalue weighted by molar-refractivity contribution is 9.10. The number of halogens is 1. The van der Waals surface area contributed by atoms with Gasteiger partial charge in [0.25, 0.3) is 10.0 Å². The van der Waals surface area contributed by atoms with Crippen molar-refractivity contribution < 1.29 is 23.5 Å². The van der Waals surface area contributed by atoms with E-state index in [4.69, 9.17) is 10.3 Å². The van der Waals surface area contributed by atoms with Gasteiger partial charge in [-0.1, -0.05) is 20.8 Å². The summed E-state index contributed by atoms with van der Waals surface area (Å²) < 4.78 is 23.1. The minimum Gasteiger partial charge on any atom is -0.478 e. The Hall–Kier alpha value is -0.960. The first-order valence-corrected chi connectivity index (χ1v) is 6.26. The highest BCUT2D eigenvalue weighted by atomic mass is 79.9. The molecular weight excluding hydrogens is 302 g/mol. The van der Waals surface area contributed by atoms with E-state index in [2.05, 4.69) is 15.9 Å². The molecule has 0 aliphatic heterocycles. The summed E-state index contributed by atoms with van der Waals surface area (Å²) in [6.07, 6.45) is 0. The van der Waals surface area contributed by atoms with E-state index in [1.807, 2.05) is 0 Å². The summed E-state index contributed by atoms with van der Waals surface area (Å²) in [6, 6.07) is 2.26. The average Bonchev–Trinajstić information content (AvgIpc) is 2.21. The lowest BCUT2D eigenvalue weighted by atomic mass is 10.1. The number of carbonyl (C=O) groups is 1. The summed E-state index contributed by atoms with van der Waals surface area (Å²) in [7, 11) is -4.10. The molecule has 0 aromatic heterocycles. The normalized spacial score (nSPS) is 11.4. The van der Waals surface area contributed by atoms with Crippen LogP contribution >= 0.6 is 15.9 Å². The fourth-order valence-corrected chi connectivity index (χ4v) is 2.59. The highest BCUT2D eigenvalue weighted by Gasteiger charge is 2.20. The molecule has 3 N–H and O–H groups in total. The molecular formula is C8H8BrNO5S. The quantitative estimate of drug-likeness (QED) is 0.726. The molecule has 8 heteroatoms. The summed E-state index contributed by atoms with van der Waals surface area (Å²) in [4.78, 5) is 11.6. The molecule has 0 atom stereocenters. The number of carboxylic acids is 1. The zero-order valence-electron chi connectivity index (χ0n) is 8.06. The van der Waals surface area contributed by atoms with Gasteiger partial charge in [-0.3, -0.25) is 0 Å². The Labute approximate surface area is 100 Å². The van der Waals surface area contributed by atoms with Gasteiger partial charge in [-0.05, 0) is 24.6 Å². The Morgan fingerprint density at radius 2 is 2.00 bits per heavy atom. The van der Waals surface area contributed by atoms with Crippen molar-refractivity contribution in [3.8, 4) is 0 Å². The van der Waals surface area contributed by atoms with Crippen LogP contribution in [-0.2, 0) is 10.0 Å². The summed E-state index contributed by atoms with van der Waals surface area (Å²) in [5.41, 5.74) is 0.123. The van der Waals surface area contributed by atoms with Crippen molar-refractivity contribution in [1.29, 1.82) is 0 Å². The summed E-state index contributed by atoms with van der Waals surface area (Å²) in [5.74, 6) is -1.25. The molecule has 0 saturated heterocycles. The number of benzene rings is 1. The predicted molar refractivity (Wildman–Crippen MR) is 57.9 cm³/mol. The van der Waals surface area contributed by atoms with Gasteiger partial charge in [0.15, 0.2) is 0 Å². The van der Waals surface area contributed by atoms with Gasteiger partial charge < -0.3 is 10.3 Å². The van der Waals surface area contributed by atoms with Crippen LogP contribution in [0, 0.1) is 6.92 Å². The molecule has 0 fully saturated rings. The Balaban J connectivity index is 3.57. The maximum absolute atomic E-state index is 11.4. The lowest BCUT2D eigenvalue weighted by Gasteiger charge is -2.08. The standard InChI is InChI=1S/C8H8BrNO5S/c1-4-6(9)2-5(8(11)12)3-7(4)16(14,15)10-13/h2-3,10,13H,1H3,(H,11,12). The molecule has 1 rings (SSSR count). The van der Waals surface area contributed by atoms with E-state index in [9.17, 15) is 13.2 Å². The van der Waals surface area contributed by atoms with Gasteiger partial charge in [-0.25, -0.2) is 13.2 Å². The maximum Gasteiger partial charge on any atom is 0.335 e. The first-order valence-electron chi connectivity index (χ1n) is 3.99. The second-order valence-corrected chi connectivity index (χ2v) is 5.46. The molecule has 88 valence electrons. The highest BCUT2D eigenvalue weighted by Crippen LogP contribution is 2.25. The molecule has 0 saturated carbocycles. The van der Waals surface area contributed by atoms with Crippen molar-refractivity contribution in [3.05, 3.63) is 27.7 Å². The van der Waals surface area contributed by atoms with Crippen LogP contribution in [-0.4, -0.2) is 24.7 Å². The number of rotatable bonds is 3. The molecule has 0 heterocycles. The number of sulfonamides is 1. The molecule has 1 aromatic carbocycles. The average molecular weight is 310 g/mol. The lowest BCUT2D eigenvalue weighted by Crippen LogP contribution is -2.21. The van der Waals surface area contributed by atoms with Crippen LogP contribution in [0.1, 0.15) is 15.9 Å². The second-order valence-electron chi connectivity index (χ2n) is 2.98. The molecule has 0 bridgehead atoms. The number of hydrogen-bond donors (Lipinski definition) is 3. The zero-order valence-corrected chi connectivity index (χ0v) is 10.5. The van der Waals surface area contributed by atoms with Gasteiger partial charge in [0, 0.05) is 4.47 Å². The third-order valence-electron chi connectivity index (χ3n) is 1.95. The number of nitrogens with one attached hydrogen (secondary N) is 1. The Kier molecular flexibility index (Phi) is 3.68. The largest absolute Gasteiger partial charge is 0.478 e. The van der Waals surface area contributed by atoms with Crippen LogP contribution < -0.4 is 4.89 Å². The fraction of sp³-hybridized carbons (Fsp3) is 0.125. The van der Waals surface area contributed by atoms with E-state index >= 15 is 0 Å². The molecule has 0 aliphatic carbocycles. The fourth-order valence-electron chi connectivity index (χ4n) is 1.11. The molecule has 6 nitrogen and oxygen atoms in total. The third-order valence-corrected chi connectivity index (χ3v) is 4.02. The van der Waals surface area contributed by atoms with Gasteiger partial charge in [-0.15, -0.1) is 0 Å². The Morgan fingerprint density at radius 1 is 1.44 bits per heavy atom. The molecule has 0 unspecified atom stereocenters. The Bertz CT molecular complexity index is 540. The number of carboxylic acid groups (broad SMARTS) is 1. The zero-order chi connectivity index (χ0) is 12.5. The van der Waals surface area contributed by atoms with Crippen LogP contribution in [0.2, 0.25) is 0 Å². The van der Waals surface area contributed by atoms with Crippen molar-refractivity contribution in [3.63, 3.8) is 0 Å². The topological polar surface area (TPSA) is 104 Å². The summed E-state index contributed by atoms with van der Waals surface area (Å²) >= 11 is 3.05. The van der Waals surface area contributed by atoms with Crippen LogP contribution in [0.3, 0.4) is 0 Å². The van der Waals surface area contributed by atoms with Crippen molar-refractivity contribution in [2.24, 2.45) is 0 Å². The maximum atomic E-state index is 11.4. The van der Waals surface area contributed by atoms with Crippen molar-refractivity contribution in [2.75, 3.05) is 0 Å². The SMILES string of the molecule is Cc1c(Br)cc(C(=O)O)cc1S(=O)(=O)NO. The van der Waals surface area contributed by atoms with E-state index in [0.717, 1.165) is 11.0 Å². The summed E-state index contributed by atoms with van der Waals surface area (Å²) in [6.45, 7) is 1.49.